The SMILES string of the molecule is COC(COc1c(C)cc(C)cc1[N+](=O)[O-])OC. The van der Waals surface area contributed by atoms with Gasteiger partial charge in [0.25, 0.3) is 0 Å². The van der Waals surface area contributed by atoms with Crippen molar-refractivity contribution in [3.8, 4) is 5.75 Å². The zero-order valence-corrected chi connectivity index (χ0v) is 10.9. The molecule has 0 aliphatic rings. The number of nitrogens with zero attached hydrogens (tertiary/aromatic N) is 1. The summed E-state index contributed by atoms with van der Waals surface area (Å²) in [5.74, 6) is 0.254. The molecule has 0 saturated heterocycles. The highest BCUT2D eigenvalue weighted by Crippen LogP contribution is 2.32. The largest absolute Gasteiger partial charge is 0.481 e. The van der Waals surface area contributed by atoms with Crippen LogP contribution in [0.4, 0.5) is 5.69 Å². The summed E-state index contributed by atoms with van der Waals surface area (Å²) in [6, 6.07) is 3.31. The van der Waals surface area contributed by atoms with Crippen molar-refractivity contribution in [2.24, 2.45) is 0 Å². The van der Waals surface area contributed by atoms with E-state index in [1.807, 2.05) is 6.07 Å². The van der Waals surface area contributed by atoms with Crippen LogP contribution in [0.1, 0.15) is 11.1 Å². The van der Waals surface area contributed by atoms with E-state index >= 15 is 0 Å². The topological polar surface area (TPSA) is 70.8 Å². The molecule has 100 valence electrons. The second kappa shape index (κ2) is 6.32. The fourth-order valence-electron chi connectivity index (χ4n) is 1.64. The lowest BCUT2D eigenvalue weighted by molar-refractivity contribution is -0.386. The molecule has 0 N–H and O–H groups in total. The van der Waals surface area contributed by atoms with Gasteiger partial charge < -0.3 is 14.2 Å². The smallest absolute Gasteiger partial charge is 0.311 e. The maximum Gasteiger partial charge on any atom is 0.311 e. The molecule has 0 aliphatic carbocycles. The Kier molecular flexibility index (Phi) is 5.06. The number of hydrogen-bond donors (Lipinski definition) is 0. The fourth-order valence-corrected chi connectivity index (χ4v) is 1.64. The number of rotatable bonds is 6. The van der Waals surface area contributed by atoms with Crippen LogP contribution >= 0.6 is 0 Å². The molecule has 0 aliphatic heterocycles. The average Bonchev–Trinajstić information content (AvgIpc) is 2.31. The summed E-state index contributed by atoms with van der Waals surface area (Å²) in [6.45, 7) is 3.67. The van der Waals surface area contributed by atoms with Gasteiger partial charge in [0.1, 0.15) is 6.61 Å². The van der Waals surface area contributed by atoms with Crippen LogP contribution in [0.5, 0.6) is 5.75 Å². The molecule has 6 nitrogen and oxygen atoms in total. The molecule has 0 radical (unpaired) electrons. The van der Waals surface area contributed by atoms with Crippen molar-refractivity contribution in [1.29, 1.82) is 0 Å². The van der Waals surface area contributed by atoms with Gasteiger partial charge in [-0.2, -0.15) is 0 Å². The summed E-state index contributed by atoms with van der Waals surface area (Å²) in [5, 5.41) is 11.0. The third-order valence-electron chi connectivity index (χ3n) is 2.49. The van der Waals surface area contributed by atoms with Gasteiger partial charge in [-0.25, -0.2) is 0 Å². The van der Waals surface area contributed by atoms with Crippen LogP contribution in [0.15, 0.2) is 12.1 Å². The van der Waals surface area contributed by atoms with Gasteiger partial charge >= 0.3 is 5.69 Å². The maximum absolute atomic E-state index is 11.0. The first kappa shape index (κ1) is 14.4. The van der Waals surface area contributed by atoms with Gasteiger partial charge in [0.15, 0.2) is 12.0 Å². The van der Waals surface area contributed by atoms with Crippen molar-refractivity contribution in [2.45, 2.75) is 20.1 Å². The Hall–Kier alpha value is -1.66. The Bertz CT molecular complexity index is 429. The summed E-state index contributed by atoms with van der Waals surface area (Å²) in [6.07, 6.45) is -0.551. The van der Waals surface area contributed by atoms with Crippen LogP contribution in [-0.2, 0) is 9.47 Å². The predicted molar refractivity (Wildman–Crippen MR) is 65.9 cm³/mol. The van der Waals surface area contributed by atoms with E-state index in [1.165, 1.54) is 20.3 Å². The number of methoxy groups -OCH3 is 2. The third kappa shape index (κ3) is 3.41. The molecule has 0 spiro atoms. The van der Waals surface area contributed by atoms with Gasteiger partial charge in [-0.3, -0.25) is 10.1 Å². The molecular weight excluding hydrogens is 238 g/mol. The van der Waals surface area contributed by atoms with E-state index in [2.05, 4.69) is 0 Å². The fraction of sp³-hybridized carbons (Fsp3) is 0.500. The number of benzene rings is 1. The molecule has 1 aromatic rings. The number of ether oxygens (including phenoxy) is 3. The zero-order valence-electron chi connectivity index (χ0n) is 10.9. The first-order valence-corrected chi connectivity index (χ1v) is 5.43. The minimum absolute atomic E-state index is 0.0431. The van der Waals surface area contributed by atoms with E-state index in [1.54, 1.807) is 13.8 Å². The molecule has 0 unspecified atom stereocenters. The highest BCUT2D eigenvalue weighted by Gasteiger charge is 2.19. The third-order valence-corrected chi connectivity index (χ3v) is 2.49. The van der Waals surface area contributed by atoms with Crippen molar-refractivity contribution in [3.63, 3.8) is 0 Å². The minimum Gasteiger partial charge on any atom is -0.481 e. The average molecular weight is 255 g/mol. The summed E-state index contributed by atoms with van der Waals surface area (Å²) < 4.78 is 15.4. The Morgan fingerprint density at radius 3 is 2.39 bits per heavy atom. The standard InChI is InChI=1S/C12H17NO5/c1-8-5-9(2)12(10(6-8)13(14)15)18-7-11(16-3)17-4/h5-6,11H,7H2,1-4H3. The molecule has 0 saturated carbocycles. The Labute approximate surface area is 106 Å². The van der Waals surface area contributed by atoms with Crippen LogP contribution in [-0.4, -0.2) is 32.0 Å². The molecule has 0 bridgehead atoms. The van der Waals surface area contributed by atoms with Crippen molar-refractivity contribution in [1.82, 2.24) is 0 Å². The van der Waals surface area contributed by atoms with Gasteiger partial charge in [-0.15, -0.1) is 0 Å². The molecule has 0 fully saturated rings. The summed E-state index contributed by atoms with van der Waals surface area (Å²) in [5.41, 5.74) is 1.49. The number of hydrogen-bond acceptors (Lipinski definition) is 5. The van der Waals surface area contributed by atoms with Crippen LogP contribution < -0.4 is 4.74 Å². The van der Waals surface area contributed by atoms with Crippen LogP contribution in [0.25, 0.3) is 0 Å². The lowest BCUT2D eigenvalue weighted by Crippen LogP contribution is -2.22. The normalized spacial score (nSPS) is 10.7. The first-order chi connectivity index (χ1) is 8.49. The van der Waals surface area contributed by atoms with Gasteiger partial charge in [-0.1, -0.05) is 6.07 Å². The molecule has 6 heteroatoms. The quantitative estimate of drug-likeness (QED) is 0.442. The summed E-state index contributed by atoms with van der Waals surface area (Å²) in [4.78, 5) is 10.5. The molecule has 0 amide bonds. The molecule has 0 heterocycles. The van der Waals surface area contributed by atoms with Crippen molar-refractivity contribution >= 4 is 5.69 Å². The van der Waals surface area contributed by atoms with E-state index < -0.39 is 11.2 Å². The van der Waals surface area contributed by atoms with Crippen molar-refractivity contribution in [2.75, 3.05) is 20.8 Å². The van der Waals surface area contributed by atoms with Crippen LogP contribution in [0, 0.1) is 24.0 Å². The molecule has 1 aromatic carbocycles. The van der Waals surface area contributed by atoms with Crippen LogP contribution in [0.2, 0.25) is 0 Å². The molecule has 1 rings (SSSR count). The second-order valence-electron chi connectivity index (χ2n) is 3.90. The van der Waals surface area contributed by atoms with Gasteiger partial charge in [0.05, 0.1) is 4.92 Å². The first-order valence-electron chi connectivity index (χ1n) is 5.43. The van der Waals surface area contributed by atoms with Crippen molar-refractivity contribution in [3.05, 3.63) is 33.4 Å². The monoisotopic (exact) mass is 255 g/mol. The van der Waals surface area contributed by atoms with Gasteiger partial charge in [0.2, 0.25) is 0 Å². The van der Waals surface area contributed by atoms with Gasteiger partial charge in [-0.05, 0) is 25.0 Å². The summed E-state index contributed by atoms with van der Waals surface area (Å²) in [7, 11) is 2.96. The van der Waals surface area contributed by atoms with E-state index in [-0.39, 0.29) is 18.0 Å². The lowest BCUT2D eigenvalue weighted by Gasteiger charge is -2.15. The highest BCUT2D eigenvalue weighted by atomic mass is 16.7. The predicted octanol–water partition coefficient (Wildman–Crippen LogP) is 2.21. The van der Waals surface area contributed by atoms with Crippen LogP contribution in [0.3, 0.4) is 0 Å². The van der Waals surface area contributed by atoms with Gasteiger partial charge in [0, 0.05) is 20.3 Å². The number of aryl methyl sites for hydroxylation is 2. The second-order valence-corrected chi connectivity index (χ2v) is 3.90. The lowest BCUT2D eigenvalue weighted by atomic mass is 10.1. The zero-order chi connectivity index (χ0) is 13.7. The Morgan fingerprint density at radius 1 is 1.28 bits per heavy atom. The van der Waals surface area contributed by atoms with E-state index in [0.29, 0.717) is 5.56 Å². The molecule has 0 aromatic heterocycles. The molecule has 0 atom stereocenters. The highest BCUT2D eigenvalue weighted by molar-refractivity contribution is 5.53. The minimum atomic E-state index is -0.551. The summed E-state index contributed by atoms with van der Waals surface area (Å²) >= 11 is 0. The van der Waals surface area contributed by atoms with E-state index in [4.69, 9.17) is 14.2 Å². The molecule has 18 heavy (non-hydrogen) atoms. The Balaban J connectivity index is 2.96. The van der Waals surface area contributed by atoms with Crippen molar-refractivity contribution < 1.29 is 19.1 Å². The van der Waals surface area contributed by atoms with E-state index in [9.17, 15) is 10.1 Å². The maximum atomic E-state index is 11.0. The molecular formula is C12H17NO5. The Morgan fingerprint density at radius 2 is 1.89 bits per heavy atom. The number of nitro benzene ring substituents is 1. The number of nitro groups is 1. The van der Waals surface area contributed by atoms with E-state index in [0.717, 1.165) is 5.56 Å².